The molecule has 1 fully saturated rings. The lowest BCUT2D eigenvalue weighted by molar-refractivity contribution is 0.0730. The summed E-state index contributed by atoms with van der Waals surface area (Å²) in [4.78, 5) is 19.1. The van der Waals surface area contributed by atoms with Gasteiger partial charge >= 0.3 is 0 Å². The van der Waals surface area contributed by atoms with Crippen molar-refractivity contribution in [3.8, 4) is 16.3 Å². The Hall–Kier alpha value is -1.53. The molecule has 1 aromatic heterocycles. The highest BCUT2D eigenvalue weighted by Gasteiger charge is 2.30. The summed E-state index contributed by atoms with van der Waals surface area (Å²) in [7, 11) is 3.55. The van der Waals surface area contributed by atoms with Gasteiger partial charge in [0.25, 0.3) is 5.91 Å². The van der Waals surface area contributed by atoms with E-state index in [9.17, 15) is 4.79 Å². The molecule has 2 aromatic rings. The highest BCUT2D eigenvalue weighted by Crippen LogP contribution is 2.32. The molecule has 0 bridgehead atoms. The summed E-state index contributed by atoms with van der Waals surface area (Å²) in [6.45, 7) is 0. The van der Waals surface area contributed by atoms with Gasteiger partial charge in [-0.3, -0.25) is 4.79 Å². The molecule has 0 unspecified atom stereocenters. The van der Waals surface area contributed by atoms with Crippen molar-refractivity contribution in [2.45, 2.75) is 30.6 Å². The topological polar surface area (TPSA) is 42.4 Å². The van der Waals surface area contributed by atoms with Crippen molar-refractivity contribution in [3.63, 3.8) is 0 Å². The van der Waals surface area contributed by atoms with Crippen molar-refractivity contribution in [3.05, 3.63) is 35.3 Å². The van der Waals surface area contributed by atoms with Crippen LogP contribution in [-0.4, -0.2) is 47.5 Å². The molecule has 128 valence electrons. The van der Waals surface area contributed by atoms with Gasteiger partial charge in [0.05, 0.1) is 7.11 Å². The second-order valence-corrected chi connectivity index (χ2v) is 8.00. The summed E-state index contributed by atoms with van der Waals surface area (Å²) in [5.41, 5.74) is 1.55. The number of carbonyl (C=O) groups is 1. The maximum atomic E-state index is 12.7. The largest absolute Gasteiger partial charge is 0.497 e. The Morgan fingerprint density at radius 1 is 1.33 bits per heavy atom. The number of thioether (sulfide) groups is 1. The number of nitrogens with zero attached hydrogens (tertiary/aromatic N) is 2. The van der Waals surface area contributed by atoms with E-state index in [4.69, 9.17) is 4.74 Å². The molecule has 2 atom stereocenters. The predicted octanol–water partition coefficient (Wildman–Crippen LogP) is 4.17. The first kappa shape index (κ1) is 17.3. The van der Waals surface area contributed by atoms with Gasteiger partial charge in [-0.05, 0) is 49.8 Å². The van der Waals surface area contributed by atoms with Crippen molar-refractivity contribution >= 4 is 29.0 Å². The van der Waals surface area contributed by atoms with Crippen LogP contribution in [0.2, 0.25) is 0 Å². The first-order valence-corrected chi connectivity index (χ1v) is 10.2. The van der Waals surface area contributed by atoms with Gasteiger partial charge in [-0.1, -0.05) is 0 Å². The van der Waals surface area contributed by atoms with E-state index in [-0.39, 0.29) is 5.91 Å². The van der Waals surface area contributed by atoms with Gasteiger partial charge in [-0.15, -0.1) is 11.3 Å². The average molecular weight is 363 g/mol. The van der Waals surface area contributed by atoms with E-state index >= 15 is 0 Å². The number of methoxy groups -OCH3 is 1. The molecule has 1 heterocycles. The summed E-state index contributed by atoms with van der Waals surface area (Å²) in [5.74, 6) is 0.841. The molecule has 0 saturated heterocycles. The van der Waals surface area contributed by atoms with Gasteiger partial charge < -0.3 is 9.64 Å². The van der Waals surface area contributed by atoms with Crippen molar-refractivity contribution in [2.75, 3.05) is 20.4 Å². The van der Waals surface area contributed by atoms with Crippen LogP contribution in [0.15, 0.2) is 29.6 Å². The van der Waals surface area contributed by atoms with Crippen LogP contribution in [0.25, 0.3) is 10.6 Å². The van der Waals surface area contributed by atoms with E-state index in [0.29, 0.717) is 17.0 Å². The van der Waals surface area contributed by atoms with Gasteiger partial charge in [-0.2, -0.15) is 11.8 Å². The normalized spacial score (nSPS) is 20.1. The molecule has 0 N–H and O–H groups in total. The fraction of sp³-hybridized carbons (Fsp3) is 0.444. The molecule has 1 aromatic carbocycles. The van der Waals surface area contributed by atoms with Crippen molar-refractivity contribution in [1.29, 1.82) is 0 Å². The van der Waals surface area contributed by atoms with Gasteiger partial charge in [0.1, 0.15) is 16.5 Å². The van der Waals surface area contributed by atoms with Gasteiger partial charge in [0, 0.05) is 29.3 Å². The number of thiazole rings is 1. The summed E-state index contributed by atoms with van der Waals surface area (Å²) >= 11 is 3.41. The van der Waals surface area contributed by atoms with Crippen LogP contribution in [0.4, 0.5) is 0 Å². The number of benzene rings is 1. The summed E-state index contributed by atoms with van der Waals surface area (Å²) in [6, 6.07) is 8.09. The van der Waals surface area contributed by atoms with Gasteiger partial charge in [-0.25, -0.2) is 4.98 Å². The van der Waals surface area contributed by atoms with Gasteiger partial charge in [0.2, 0.25) is 0 Å². The van der Waals surface area contributed by atoms with Gasteiger partial charge in [0.15, 0.2) is 0 Å². The Labute approximate surface area is 151 Å². The second-order valence-electron chi connectivity index (χ2n) is 6.01. The minimum Gasteiger partial charge on any atom is -0.497 e. The van der Waals surface area contributed by atoms with Crippen LogP contribution in [0.1, 0.15) is 29.8 Å². The molecule has 4 nitrogen and oxygen atoms in total. The van der Waals surface area contributed by atoms with Crippen LogP contribution in [0, 0.1) is 0 Å². The zero-order chi connectivity index (χ0) is 17.1. The third-order valence-electron chi connectivity index (χ3n) is 4.62. The molecular formula is C18H22N2O2S2. The highest BCUT2D eigenvalue weighted by molar-refractivity contribution is 7.99. The highest BCUT2D eigenvalue weighted by atomic mass is 32.2. The van der Waals surface area contributed by atoms with E-state index in [0.717, 1.165) is 29.2 Å². The maximum absolute atomic E-state index is 12.7. The Morgan fingerprint density at radius 3 is 2.71 bits per heavy atom. The van der Waals surface area contributed by atoms with Crippen LogP contribution in [-0.2, 0) is 0 Å². The third-order valence-corrected chi connectivity index (χ3v) is 6.60. The number of ether oxygens (including phenoxy) is 1. The molecule has 3 rings (SSSR count). The van der Waals surface area contributed by atoms with E-state index in [1.807, 2.05) is 53.4 Å². The Kier molecular flexibility index (Phi) is 5.46. The lowest BCUT2D eigenvalue weighted by Crippen LogP contribution is -2.35. The summed E-state index contributed by atoms with van der Waals surface area (Å²) in [6.07, 6.45) is 5.51. The van der Waals surface area contributed by atoms with Crippen LogP contribution in [0.3, 0.4) is 0 Å². The maximum Gasteiger partial charge on any atom is 0.273 e. The van der Waals surface area contributed by atoms with Crippen molar-refractivity contribution < 1.29 is 9.53 Å². The zero-order valence-electron chi connectivity index (χ0n) is 14.2. The number of amides is 1. The number of carbonyl (C=O) groups excluding carboxylic acids is 1. The molecule has 24 heavy (non-hydrogen) atoms. The van der Waals surface area contributed by atoms with Crippen LogP contribution >= 0.6 is 23.1 Å². The Bertz CT molecular complexity index is 699. The van der Waals surface area contributed by atoms with Crippen LogP contribution in [0.5, 0.6) is 5.75 Å². The van der Waals surface area contributed by atoms with E-state index in [1.54, 1.807) is 7.11 Å². The summed E-state index contributed by atoms with van der Waals surface area (Å²) < 4.78 is 5.18. The van der Waals surface area contributed by atoms with E-state index in [1.165, 1.54) is 17.8 Å². The molecular weight excluding hydrogens is 340 g/mol. The standard InChI is InChI=1S/C18H22N2O2S2/c1-20(13-6-9-15(10-13)23-3)18(21)16-11-24-17(19-16)12-4-7-14(22-2)8-5-12/h4-5,7-8,11,13,15H,6,9-10H2,1-3H3/t13-,15-/m0/s1. The predicted molar refractivity (Wildman–Crippen MR) is 101 cm³/mol. The second kappa shape index (κ2) is 7.57. The fourth-order valence-corrected chi connectivity index (χ4v) is 4.65. The quantitative estimate of drug-likeness (QED) is 0.800. The molecule has 1 amide bonds. The number of rotatable bonds is 5. The first-order valence-electron chi connectivity index (χ1n) is 8.02. The molecule has 0 aliphatic heterocycles. The zero-order valence-corrected chi connectivity index (χ0v) is 15.8. The third kappa shape index (κ3) is 3.59. The molecule has 0 spiro atoms. The monoisotopic (exact) mass is 362 g/mol. The lowest BCUT2D eigenvalue weighted by atomic mass is 10.2. The number of aromatic nitrogens is 1. The van der Waals surface area contributed by atoms with Crippen molar-refractivity contribution in [1.82, 2.24) is 9.88 Å². The number of hydrogen-bond donors (Lipinski definition) is 0. The summed E-state index contributed by atoms with van der Waals surface area (Å²) in [5, 5.41) is 3.40. The SMILES string of the molecule is COc1ccc(-c2nc(C(=O)N(C)[C@H]3CC[C@H](SC)C3)cs2)cc1. The Balaban J connectivity index is 1.71. The smallest absolute Gasteiger partial charge is 0.273 e. The number of hydrogen-bond acceptors (Lipinski definition) is 5. The fourth-order valence-electron chi connectivity index (χ4n) is 3.07. The molecule has 1 aliphatic rings. The molecule has 0 radical (unpaired) electrons. The first-order chi connectivity index (χ1) is 11.6. The Morgan fingerprint density at radius 2 is 2.08 bits per heavy atom. The molecule has 1 saturated carbocycles. The molecule has 6 heteroatoms. The minimum atomic E-state index is 0.0257. The van der Waals surface area contributed by atoms with E-state index < -0.39 is 0 Å². The van der Waals surface area contributed by atoms with E-state index in [2.05, 4.69) is 11.2 Å². The molecule has 1 aliphatic carbocycles. The van der Waals surface area contributed by atoms with Crippen LogP contribution < -0.4 is 4.74 Å². The van der Waals surface area contributed by atoms with Crippen molar-refractivity contribution in [2.24, 2.45) is 0 Å². The lowest BCUT2D eigenvalue weighted by Gasteiger charge is -2.23. The average Bonchev–Trinajstić information content (AvgIpc) is 3.30. The minimum absolute atomic E-state index is 0.0257.